The molecule has 1 aliphatic carbocycles. The number of alkyl halides is 3. The maximum atomic E-state index is 12.9. The summed E-state index contributed by atoms with van der Waals surface area (Å²) in [6.45, 7) is 2.94. The number of nitrogens with one attached hydrogen (secondary N) is 2. The van der Waals surface area contributed by atoms with E-state index in [1.807, 2.05) is 15.7 Å². The molecule has 2 unspecified atom stereocenters. The van der Waals surface area contributed by atoms with E-state index in [1.165, 1.54) is 12.8 Å². The predicted octanol–water partition coefficient (Wildman–Crippen LogP) is 2.15. The number of carboxylic acid groups (broad SMARTS) is 1. The Morgan fingerprint density at radius 3 is 2.42 bits per heavy atom. The van der Waals surface area contributed by atoms with E-state index in [2.05, 4.69) is 15.6 Å². The van der Waals surface area contributed by atoms with Gasteiger partial charge in [0.05, 0.1) is 12.6 Å². The lowest BCUT2D eigenvalue weighted by atomic mass is 9.88. The van der Waals surface area contributed by atoms with E-state index in [1.54, 1.807) is 6.20 Å². The zero-order valence-electron chi connectivity index (χ0n) is 21.0. The van der Waals surface area contributed by atoms with Crippen molar-refractivity contribution in [3.8, 4) is 0 Å². The number of imidazole rings is 1. The summed E-state index contributed by atoms with van der Waals surface area (Å²) in [5.41, 5.74) is -0.627. The summed E-state index contributed by atoms with van der Waals surface area (Å²) < 4.78 is 45.8. The molecule has 1 saturated carbocycles. The topological polar surface area (TPSA) is 135 Å². The van der Waals surface area contributed by atoms with Crippen molar-refractivity contribution in [2.75, 3.05) is 26.2 Å². The molecule has 2 saturated heterocycles. The third-order valence-corrected chi connectivity index (χ3v) is 7.46. The molecule has 212 valence electrons. The third kappa shape index (κ3) is 6.76. The van der Waals surface area contributed by atoms with Crippen molar-refractivity contribution in [3.63, 3.8) is 0 Å². The molecular formula is C24H34F3N5O6. The Bertz CT molecular complexity index is 982. The lowest BCUT2D eigenvalue weighted by Gasteiger charge is -2.45. The number of urea groups is 1. The zero-order chi connectivity index (χ0) is 27.3. The smallest absolute Gasteiger partial charge is 0.475 e. The van der Waals surface area contributed by atoms with Crippen LogP contribution >= 0.6 is 0 Å². The molecule has 5 rings (SSSR count). The average Bonchev–Trinajstić information content (AvgIpc) is 3.66. The minimum atomic E-state index is -5.08. The normalized spacial score (nSPS) is 24.9. The molecule has 0 aromatic carbocycles. The van der Waals surface area contributed by atoms with E-state index in [0.717, 1.165) is 38.1 Å². The van der Waals surface area contributed by atoms with Crippen molar-refractivity contribution in [1.29, 1.82) is 0 Å². The number of carboxylic acids is 1. The first kappa shape index (κ1) is 28.1. The molecule has 2 atom stereocenters. The zero-order valence-corrected chi connectivity index (χ0v) is 21.0. The number of hydrogen-bond acceptors (Lipinski definition) is 6. The highest BCUT2D eigenvalue weighted by Crippen LogP contribution is 2.40. The van der Waals surface area contributed by atoms with Gasteiger partial charge in [0, 0.05) is 57.5 Å². The molecule has 1 spiro atoms. The van der Waals surface area contributed by atoms with Crippen molar-refractivity contribution < 1.29 is 42.1 Å². The first-order chi connectivity index (χ1) is 18.1. The summed E-state index contributed by atoms with van der Waals surface area (Å²) in [4.78, 5) is 40.9. The van der Waals surface area contributed by atoms with E-state index in [4.69, 9.17) is 19.4 Å². The molecule has 3 fully saturated rings. The standard InChI is InChI=1S/C22H33N5O4.C2HF3O2/c28-19(24-14-17-6-3-13-30-17)18-15-27-12-9-23-20(27)22(31-18)7-10-26(11-8-22)21(29)25-16-4-1-2-5-16;3-2(4,5)1(6)7/h9,12,16-18H,1-8,10-11,13-15H2,(H,24,28)(H,25,29);(H,6,7). The van der Waals surface area contributed by atoms with Crippen LogP contribution in [0.25, 0.3) is 0 Å². The summed E-state index contributed by atoms with van der Waals surface area (Å²) in [5, 5.41) is 13.3. The Balaban J connectivity index is 0.000000426. The number of nitrogens with zero attached hydrogens (tertiary/aromatic N) is 3. The van der Waals surface area contributed by atoms with Crippen LogP contribution in [0.3, 0.4) is 0 Å². The average molecular weight is 546 g/mol. The fourth-order valence-corrected chi connectivity index (χ4v) is 5.42. The third-order valence-electron chi connectivity index (χ3n) is 7.46. The van der Waals surface area contributed by atoms with E-state index >= 15 is 0 Å². The van der Waals surface area contributed by atoms with Gasteiger partial charge in [-0.3, -0.25) is 4.79 Å². The molecule has 3 aliphatic heterocycles. The van der Waals surface area contributed by atoms with Crippen LogP contribution in [0, 0.1) is 0 Å². The second kappa shape index (κ2) is 11.9. The number of ether oxygens (including phenoxy) is 2. The summed E-state index contributed by atoms with van der Waals surface area (Å²) in [6, 6.07) is 0.330. The Hall–Kier alpha value is -2.87. The van der Waals surface area contributed by atoms with Gasteiger partial charge in [-0.05, 0) is 25.7 Å². The quantitative estimate of drug-likeness (QED) is 0.528. The van der Waals surface area contributed by atoms with Gasteiger partial charge >= 0.3 is 18.2 Å². The number of carbonyl (C=O) groups excluding carboxylic acids is 2. The molecule has 1 aromatic rings. The van der Waals surface area contributed by atoms with Gasteiger partial charge in [-0.2, -0.15) is 13.2 Å². The summed E-state index contributed by atoms with van der Waals surface area (Å²) in [7, 11) is 0. The fraction of sp³-hybridized carbons (Fsp3) is 0.750. The van der Waals surface area contributed by atoms with Gasteiger partial charge in [-0.25, -0.2) is 14.6 Å². The number of piperidine rings is 1. The molecule has 38 heavy (non-hydrogen) atoms. The Morgan fingerprint density at radius 1 is 1.13 bits per heavy atom. The van der Waals surface area contributed by atoms with Gasteiger partial charge in [-0.1, -0.05) is 12.8 Å². The first-order valence-corrected chi connectivity index (χ1v) is 13.0. The largest absolute Gasteiger partial charge is 0.490 e. The Labute approximate surface area is 218 Å². The van der Waals surface area contributed by atoms with Crippen LogP contribution in [0.15, 0.2) is 12.4 Å². The monoisotopic (exact) mass is 545 g/mol. The molecule has 3 amide bonds. The molecule has 4 aliphatic rings. The highest BCUT2D eigenvalue weighted by molar-refractivity contribution is 5.81. The predicted molar refractivity (Wildman–Crippen MR) is 126 cm³/mol. The van der Waals surface area contributed by atoms with E-state index in [-0.39, 0.29) is 18.0 Å². The fourth-order valence-electron chi connectivity index (χ4n) is 5.42. The number of carbonyl (C=O) groups is 3. The number of likely N-dealkylation sites (tertiary alicyclic amines) is 1. The number of hydrogen-bond donors (Lipinski definition) is 3. The van der Waals surface area contributed by atoms with Crippen LogP contribution in [0.4, 0.5) is 18.0 Å². The van der Waals surface area contributed by atoms with E-state index < -0.39 is 23.9 Å². The van der Waals surface area contributed by atoms with Crippen LogP contribution in [0.1, 0.15) is 57.2 Å². The molecule has 1 aromatic heterocycles. The SMILES string of the molecule is O=C(NCC1CCCO1)C1Cn2ccnc2C2(CCN(C(=O)NC3CCCC3)CC2)O1.O=C(O)C(F)(F)F. The molecule has 0 bridgehead atoms. The van der Waals surface area contributed by atoms with Gasteiger partial charge in [0.2, 0.25) is 0 Å². The lowest BCUT2D eigenvalue weighted by Crippen LogP contribution is -2.56. The number of fused-ring (bicyclic) bond motifs is 2. The van der Waals surface area contributed by atoms with Crippen LogP contribution < -0.4 is 10.6 Å². The van der Waals surface area contributed by atoms with Crippen molar-refractivity contribution >= 4 is 17.9 Å². The molecule has 4 heterocycles. The molecule has 3 N–H and O–H groups in total. The second-order valence-electron chi connectivity index (χ2n) is 10.1. The number of halogens is 3. The maximum absolute atomic E-state index is 12.9. The van der Waals surface area contributed by atoms with E-state index in [9.17, 15) is 22.8 Å². The molecule has 14 heteroatoms. The van der Waals surface area contributed by atoms with Crippen molar-refractivity contribution in [2.24, 2.45) is 0 Å². The maximum Gasteiger partial charge on any atom is 0.490 e. The van der Waals surface area contributed by atoms with Gasteiger partial charge in [0.1, 0.15) is 11.4 Å². The number of rotatable bonds is 4. The molecular weight excluding hydrogens is 511 g/mol. The summed E-state index contributed by atoms with van der Waals surface area (Å²) in [6.07, 6.45) is 5.99. The van der Waals surface area contributed by atoms with Crippen molar-refractivity contribution in [3.05, 3.63) is 18.2 Å². The number of aliphatic carboxylic acids is 1. The molecule has 11 nitrogen and oxygen atoms in total. The van der Waals surface area contributed by atoms with Crippen LogP contribution in [0.2, 0.25) is 0 Å². The highest BCUT2D eigenvalue weighted by Gasteiger charge is 2.48. The number of aromatic nitrogens is 2. The first-order valence-electron chi connectivity index (χ1n) is 13.0. The van der Waals surface area contributed by atoms with Gasteiger partial charge < -0.3 is 34.7 Å². The van der Waals surface area contributed by atoms with Crippen molar-refractivity contribution in [1.82, 2.24) is 25.1 Å². The van der Waals surface area contributed by atoms with Gasteiger partial charge in [0.25, 0.3) is 5.91 Å². The minimum Gasteiger partial charge on any atom is -0.475 e. The number of amides is 3. The second-order valence-corrected chi connectivity index (χ2v) is 10.1. The highest BCUT2D eigenvalue weighted by atomic mass is 19.4. The lowest BCUT2D eigenvalue weighted by molar-refractivity contribution is -0.192. The molecule has 0 radical (unpaired) electrons. The van der Waals surface area contributed by atoms with Crippen molar-refractivity contribution in [2.45, 2.75) is 87.9 Å². The summed E-state index contributed by atoms with van der Waals surface area (Å²) >= 11 is 0. The Morgan fingerprint density at radius 2 is 1.82 bits per heavy atom. The van der Waals surface area contributed by atoms with Gasteiger partial charge in [0.15, 0.2) is 6.10 Å². The Kier molecular flexibility index (Phi) is 8.81. The van der Waals surface area contributed by atoms with Crippen LogP contribution in [0.5, 0.6) is 0 Å². The van der Waals surface area contributed by atoms with Crippen LogP contribution in [-0.4, -0.2) is 88.1 Å². The van der Waals surface area contributed by atoms with E-state index in [0.29, 0.717) is 45.1 Å². The van der Waals surface area contributed by atoms with Gasteiger partial charge in [-0.15, -0.1) is 0 Å². The summed E-state index contributed by atoms with van der Waals surface area (Å²) in [5.74, 6) is -1.99. The minimum absolute atomic E-state index is 0.0201. The van der Waals surface area contributed by atoms with Crippen LogP contribution in [-0.2, 0) is 31.2 Å².